The lowest BCUT2D eigenvalue weighted by atomic mass is 9.75. The summed E-state index contributed by atoms with van der Waals surface area (Å²) in [5, 5.41) is 2.98. The summed E-state index contributed by atoms with van der Waals surface area (Å²) in [4.78, 5) is 11.6. The molecule has 1 fully saturated rings. The number of benzene rings is 1. The first-order valence-corrected chi connectivity index (χ1v) is 6.51. The van der Waals surface area contributed by atoms with Crippen LogP contribution in [0.3, 0.4) is 0 Å². The maximum Gasteiger partial charge on any atom is 0.221 e. The SMILES string of the molecule is CCC1NC(=O)CC1(C)c1ccc(F)c(Br)c1. The number of carbonyl (C=O) groups is 1. The van der Waals surface area contributed by atoms with Crippen molar-refractivity contribution in [1.82, 2.24) is 5.32 Å². The summed E-state index contributed by atoms with van der Waals surface area (Å²) >= 11 is 3.19. The van der Waals surface area contributed by atoms with Crippen LogP contribution >= 0.6 is 15.9 Å². The summed E-state index contributed by atoms with van der Waals surface area (Å²) < 4.78 is 13.7. The van der Waals surface area contributed by atoms with Crippen LogP contribution in [0.5, 0.6) is 0 Å². The van der Waals surface area contributed by atoms with Gasteiger partial charge >= 0.3 is 0 Å². The third-order valence-corrected chi connectivity index (χ3v) is 4.23. The van der Waals surface area contributed by atoms with Crippen LogP contribution in [0.4, 0.5) is 4.39 Å². The van der Waals surface area contributed by atoms with Gasteiger partial charge in [-0.1, -0.05) is 19.9 Å². The second-order valence-corrected chi connectivity index (χ2v) is 5.61. The summed E-state index contributed by atoms with van der Waals surface area (Å²) in [6, 6.07) is 5.11. The first-order valence-electron chi connectivity index (χ1n) is 5.72. The fourth-order valence-corrected chi connectivity index (χ4v) is 2.95. The van der Waals surface area contributed by atoms with E-state index in [1.165, 1.54) is 6.07 Å². The highest BCUT2D eigenvalue weighted by Gasteiger charge is 2.43. The molecule has 0 aliphatic carbocycles. The molecule has 2 nitrogen and oxygen atoms in total. The molecule has 2 unspecified atom stereocenters. The number of rotatable bonds is 2. The van der Waals surface area contributed by atoms with Gasteiger partial charge in [0, 0.05) is 17.9 Å². The minimum absolute atomic E-state index is 0.0693. The van der Waals surface area contributed by atoms with Gasteiger partial charge in [-0.3, -0.25) is 4.79 Å². The average molecular weight is 300 g/mol. The zero-order chi connectivity index (χ0) is 12.6. The Hall–Kier alpha value is -0.900. The number of hydrogen-bond acceptors (Lipinski definition) is 1. The van der Waals surface area contributed by atoms with E-state index in [2.05, 4.69) is 28.2 Å². The van der Waals surface area contributed by atoms with Gasteiger partial charge in [-0.25, -0.2) is 4.39 Å². The lowest BCUT2D eigenvalue weighted by molar-refractivity contribution is -0.119. The highest BCUT2D eigenvalue weighted by atomic mass is 79.9. The molecule has 0 saturated carbocycles. The van der Waals surface area contributed by atoms with Crippen molar-refractivity contribution in [3.63, 3.8) is 0 Å². The summed E-state index contributed by atoms with van der Waals surface area (Å²) in [6.07, 6.45) is 1.33. The molecule has 1 heterocycles. The molecule has 0 spiro atoms. The number of halogens is 2. The molecule has 1 amide bonds. The van der Waals surface area contributed by atoms with E-state index in [0.29, 0.717) is 10.9 Å². The summed E-state index contributed by atoms with van der Waals surface area (Å²) in [5.41, 5.74) is 0.748. The Balaban J connectivity index is 2.43. The van der Waals surface area contributed by atoms with Crippen molar-refractivity contribution >= 4 is 21.8 Å². The van der Waals surface area contributed by atoms with Crippen LogP contribution in [0.1, 0.15) is 32.3 Å². The third-order valence-electron chi connectivity index (χ3n) is 3.62. The molecular weight excluding hydrogens is 285 g/mol. The average Bonchev–Trinajstić information content (AvgIpc) is 2.58. The molecule has 2 rings (SSSR count). The van der Waals surface area contributed by atoms with Crippen molar-refractivity contribution in [1.29, 1.82) is 0 Å². The topological polar surface area (TPSA) is 29.1 Å². The molecule has 1 aromatic carbocycles. The second kappa shape index (κ2) is 4.41. The lowest BCUT2D eigenvalue weighted by Crippen LogP contribution is -2.37. The van der Waals surface area contributed by atoms with Gasteiger partial charge < -0.3 is 5.32 Å². The highest BCUT2D eigenvalue weighted by molar-refractivity contribution is 9.10. The van der Waals surface area contributed by atoms with Crippen LogP contribution in [-0.2, 0) is 10.2 Å². The molecule has 1 aromatic rings. The van der Waals surface area contributed by atoms with Crippen LogP contribution < -0.4 is 5.32 Å². The van der Waals surface area contributed by atoms with Crippen molar-refractivity contribution in [3.8, 4) is 0 Å². The Morgan fingerprint density at radius 2 is 2.29 bits per heavy atom. The minimum atomic E-state index is -0.275. The van der Waals surface area contributed by atoms with Gasteiger partial charge in [-0.05, 0) is 40.0 Å². The van der Waals surface area contributed by atoms with Crippen LogP contribution in [0, 0.1) is 5.82 Å². The normalized spacial score (nSPS) is 28.2. The zero-order valence-electron chi connectivity index (χ0n) is 9.89. The predicted molar refractivity (Wildman–Crippen MR) is 68.3 cm³/mol. The van der Waals surface area contributed by atoms with E-state index >= 15 is 0 Å². The van der Waals surface area contributed by atoms with Crippen molar-refractivity contribution in [2.45, 2.75) is 38.1 Å². The van der Waals surface area contributed by atoms with Gasteiger partial charge in [-0.2, -0.15) is 0 Å². The van der Waals surface area contributed by atoms with Gasteiger partial charge in [0.1, 0.15) is 5.82 Å². The Morgan fingerprint density at radius 3 is 2.88 bits per heavy atom. The highest BCUT2D eigenvalue weighted by Crippen LogP contribution is 2.38. The summed E-state index contributed by atoms with van der Waals surface area (Å²) in [5.74, 6) is -0.206. The maximum atomic E-state index is 13.2. The number of nitrogens with one attached hydrogen (secondary N) is 1. The second-order valence-electron chi connectivity index (χ2n) is 4.75. The van der Waals surface area contributed by atoms with E-state index in [0.717, 1.165) is 12.0 Å². The Morgan fingerprint density at radius 1 is 1.59 bits per heavy atom. The smallest absolute Gasteiger partial charge is 0.221 e. The summed E-state index contributed by atoms with van der Waals surface area (Å²) in [6.45, 7) is 4.10. The molecule has 1 N–H and O–H groups in total. The Bertz CT molecular complexity index is 463. The molecule has 0 bridgehead atoms. The molecule has 92 valence electrons. The number of carbonyl (C=O) groups excluding carboxylic acids is 1. The van der Waals surface area contributed by atoms with E-state index in [4.69, 9.17) is 0 Å². The third kappa shape index (κ3) is 2.10. The van der Waals surface area contributed by atoms with Crippen LogP contribution in [0.25, 0.3) is 0 Å². The van der Waals surface area contributed by atoms with Crippen molar-refractivity contribution in [2.24, 2.45) is 0 Å². The van der Waals surface area contributed by atoms with Gasteiger partial charge in [0.25, 0.3) is 0 Å². The first kappa shape index (κ1) is 12.6. The predicted octanol–water partition coefficient (Wildman–Crippen LogP) is 3.14. The van der Waals surface area contributed by atoms with E-state index < -0.39 is 0 Å². The number of amides is 1. The maximum absolute atomic E-state index is 13.2. The molecule has 2 atom stereocenters. The van der Waals surface area contributed by atoms with Crippen LogP contribution in [0.2, 0.25) is 0 Å². The Kier molecular flexibility index (Phi) is 3.25. The first-order chi connectivity index (χ1) is 7.97. The van der Waals surface area contributed by atoms with Crippen molar-refractivity contribution in [2.75, 3.05) is 0 Å². The monoisotopic (exact) mass is 299 g/mol. The fourth-order valence-electron chi connectivity index (χ4n) is 2.57. The quantitative estimate of drug-likeness (QED) is 0.893. The molecule has 1 aliphatic rings. The molecular formula is C13H15BrFNO. The van der Waals surface area contributed by atoms with Gasteiger partial charge in [0.05, 0.1) is 4.47 Å². The molecule has 0 radical (unpaired) electrons. The van der Waals surface area contributed by atoms with Crippen LogP contribution in [0.15, 0.2) is 22.7 Å². The molecule has 4 heteroatoms. The van der Waals surface area contributed by atoms with Gasteiger partial charge in [0.2, 0.25) is 5.91 Å². The molecule has 1 aliphatic heterocycles. The van der Waals surface area contributed by atoms with Gasteiger partial charge in [-0.15, -0.1) is 0 Å². The minimum Gasteiger partial charge on any atom is -0.352 e. The fraction of sp³-hybridized carbons (Fsp3) is 0.462. The van der Waals surface area contributed by atoms with Gasteiger partial charge in [0.15, 0.2) is 0 Å². The zero-order valence-corrected chi connectivity index (χ0v) is 11.5. The standard InChI is InChI=1S/C13H15BrFNO/c1-3-11-13(2,7-12(17)16-11)8-4-5-10(15)9(14)6-8/h4-6,11H,3,7H2,1-2H3,(H,16,17). The van der Waals surface area contributed by atoms with E-state index in [1.807, 2.05) is 6.92 Å². The molecule has 0 aromatic heterocycles. The summed E-state index contributed by atoms with van der Waals surface area (Å²) in [7, 11) is 0. The van der Waals surface area contributed by atoms with E-state index in [1.54, 1.807) is 12.1 Å². The largest absolute Gasteiger partial charge is 0.352 e. The Labute approximate surface area is 109 Å². The lowest BCUT2D eigenvalue weighted by Gasteiger charge is -2.30. The number of hydrogen-bond donors (Lipinski definition) is 1. The molecule has 17 heavy (non-hydrogen) atoms. The van der Waals surface area contributed by atoms with Crippen molar-refractivity contribution < 1.29 is 9.18 Å². The van der Waals surface area contributed by atoms with E-state index in [9.17, 15) is 9.18 Å². The van der Waals surface area contributed by atoms with E-state index in [-0.39, 0.29) is 23.2 Å². The van der Waals surface area contributed by atoms with Crippen molar-refractivity contribution in [3.05, 3.63) is 34.1 Å². The van der Waals surface area contributed by atoms with Crippen LogP contribution in [-0.4, -0.2) is 11.9 Å². The molecule has 1 saturated heterocycles.